The summed E-state index contributed by atoms with van der Waals surface area (Å²) in [6.45, 7) is 8.52. The van der Waals surface area contributed by atoms with Gasteiger partial charge in [-0.15, -0.1) is 0 Å². The Hall–Kier alpha value is -0.300. The lowest BCUT2D eigenvalue weighted by Crippen LogP contribution is -2.32. The van der Waals surface area contributed by atoms with Gasteiger partial charge in [-0.25, -0.2) is 4.67 Å². The molecule has 0 aromatic heterocycles. The zero-order chi connectivity index (χ0) is 12.1. The van der Waals surface area contributed by atoms with Gasteiger partial charge in [-0.1, -0.05) is 18.2 Å². The van der Waals surface area contributed by atoms with Gasteiger partial charge in [0, 0.05) is 12.1 Å². The van der Waals surface area contributed by atoms with Crippen molar-refractivity contribution in [3.8, 4) is 5.75 Å². The van der Waals surface area contributed by atoms with Crippen molar-refractivity contribution in [2.75, 3.05) is 0 Å². The number of rotatable bonds is 5. The third-order valence-electron chi connectivity index (χ3n) is 2.16. The lowest BCUT2D eigenvalue weighted by atomic mass is 10.3. The van der Waals surface area contributed by atoms with Gasteiger partial charge in [0.2, 0.25) is 0 Å². The Labute approximate surface area is 104 Å². The van der Waals surface area contributed by atoms with Crippen molar-refractivity contribution in [3.05, 3.63) is 30.3 Å². The number of hydrogen-bond acceptors (Lipinski definition) is 2. The first kappa shape index (κ1) is 13.8. The van der Waals surface area contributed by atoms with E-state index in [-0.39, 0.29) is 0 Å². The number of hydrogen-bond donors (Lipinski definition) is 0. The second-order valence-corrected chi connectivity index (χ2v) is 6.16. The van der Waals surface area contributed by atoms with Crippen LogP contribution >= 0.6 is 18.9 Å². The molecular formula is C12H19ClNOP. The van der Waals surface area contributed by atoms with Gasteiger partial charge in [0.15, 0.2) is 0 Å². The van der Waals surface area contributed by atoms with Crippen molar-refractivity contribution in [2.24, 2.45) is 0 Å². The average Bonchev–Trinajstić information content (AvgIpc) is 2.17. The van der Waals surface area contributed by atoms with Crippen LogP contribution in [0.4, 0.5) is 0 Å². The minimum atomic E-state index is -1.09. The van der Waals surface area contributed by atoms with Crippen molar-refractivity contribution in [3.63, 3.8) is 0 Å². The van der Waals surface area contributed by atoms with Crippen LogP contribution in [0.25, 0.3) is 0 Å². The molecule has 4 heteroatoms. The van der Waals surface area contributed by atoms with Crippen LogP contribution in [0.1, 0.15) is 27.7 Å². The molecule has 0 bridgehead atoms. The number of halogens is 1. The predicted molar refractivity (Wildman–Crippen MR) is 72.0 cm³/mol. The van der Waals surface area contributed by atoms with Crippen LogP contribution in [-0.2, 0) is 0 Å². The lowest BCUT2D eigenvalue weighted by Gasteiger charge is -2.32. The van der Waals surface area contributed by atoms with Crippen LogP contribution in [0.2, 0.25) is 0 Å². The lowest BCUT2D eigenvalue weighted by molar-refractivity contribution is 0.306. The summed E-state index contributed by atoms with van der Waals surface area (Å²) in [5.41, 5.74) is 0. The van der Waals surface area contributed by atoms with Gasteiger partial charge in [0.05, 0.1) is 0 Å². The molecule has 0 aliphatic rings. The Morgan fingerprint density at radius 2 is 1.56 bits per heavy atom. The monoisotopic (exact) mass is 259 g/mol. The van der Waals surface area contributed by atoms with E-state index in [4.69, 9.17) is 15.8 Å². The van der Waals surface area contributed by atoms with Gasteiger partial charge in [-0.05, 0) is 51.1 Å². The highest BCUT2D eigenvalue weighted by atomic mass is 35.7. The van der Waals surface area contributed by atoms with E-state index in [2.05, 4.69) is 32.4 Å². The molecule has 0 fully saturated rings. The highest BCUT2D eigenvalue weighted by Gasteiger charge is 2.24. The van der Waals surface area contributed by atoms with Crippen LogP contribution in [0.3, 0.4) is 0 Å². The van der Waals surface area contributed by atoms with Gasteiger partial charge in [-0.2, -0.15) is 0 Å². The molecule has 0 saturated carbocycles. The molecule has 1 aromatic rings. The summed E-state index contributed by atoms with van der Waals surface area (Å²) in [6, 6.07) is 10.5. The van der Waals surface area contributed by atoms with E-state index >= 15 is 0 Å². The minimum Gasteiger partial charge on any atom is -0.445 e. The highest BCUT2D eigenvalue weighted by molar-refractivity contribution is 7.78. The van der Waals surface area contributed by atoms with Crippen molar-refractivity contribution in [2.45, 2.75) is 39.8 Å². The van der Waals surface area contributed by atoms with E-state index in [1.165, 1.54) is 0 Å². The van der Waals surface area contributed by atoms with E-state index in [1.807, 2.05) is 30.3 Å². The summed E-state index contributed by atoms with van der Waals surface area (Å²) in [6.07, 6.45) is 0. The molecule has 1 atom stereocenters. The smallest absolute Gasteiger partial charge is 0.266 e. The van der Waals surface area contributed by atoms with Crippen LogP contribution in [0.5, 0.6) is 5.75 Å². The summed E-state index contributed by atoms with van der Waals surface area (Å²) >= 11 is 6.34. The molecule has 0 amide bonds. The van der Waals surface area contributed by atoms with E-state index in [0.29, 0.717) is 12.1 Å². The zero-order valence-corrected chi connectivity index (χ0v) is 11.9. The molecule has 1 unspecified atom stereocenters. The Balaban J connectivity index is 2.66. The summed E-state index contributed by atoms with van der Waals surface area (Å²) in [4.78, 5) is 0. The minimum absolute atomic E-state index is 0.382. The van der Waals surface area contributed by atoms with E-state index < -0.39 is 7.65 Å². The predicted octanol–water partition coefficient (Wildman–Crippen LogP) is 4.65. The molecule has 1 aromatic carbocycles. The Morgan fingerprint density at radius 3 is 2.00 bits per heavy atom. The molecule has 1 rings (SSSR count). The number of para-hydroxylation sites is 1. The SMILES string of the molecule is CC(C)N(C(C)C)P(Cl)Oc1ccccc1. The molecule has 2 nitrogen and oxygen atoms in total. The van der Waals surface area contributed by atoms with Crippen molar-refractivity contribution >= 4 is 18.9 Å². The normalized spacial score (nSPS) is 13.5. The van der Waals surface area contributed by atoms with Gasteiger partial charge in [0.1, 0.15) is 5.75 Å². The van der Waals surface area contributed by atoms with Crippen LogP contribution in [0.15, 0.2) is 30.3 Å². The van der Waals surface area contributed by atoms with Gasteiger partial charge < -0.3 is 4.52 Å². The molecule has 0 aliphatic carbocycles. The standard InChI is InChI=1S/C12H19ClNOP/c1-10(2)14(11(3)4)16(13)15-12-8-6-5-7-9-12/h5-11H,1-4H3. The maximum absolute atomic E-state index is 6.34. The quantitative estimate of drug-likeness (QED) is 0.714. The Kier molecular flexibility index (Phi) is 5.54. The molecule has 0 N–H and O–H groups in total. The van der Waals surface area contributed by atoms with Gasteiger partial charge in [0.25, 0.3) is 7.65 Å². The maximum Gasteiger partial charge on any atom is 0.266 e. The largest absolute Gasteiger partial charge is 0.445 e. The molecule has 0 heterocycles. The Bertz CT molecular complexity index is 297. The molecule has 0 saturated heterocycles. The fraction of sp³-hybridized carbons (Fsp3) is 0.500. The van der Waals surface area contributed by atoms with Crippen LogP contribution in [0, 0.1) is 0 Å². The molecule has 90 valence electrons. The fourth-order valence-electron chi connectivity index (χ4n) is 1.57. The van der Waals surface area contributed by atoms with Crippen molar-refractivity contribution in [1.82, 2.24) is 4.67 Å². The molecule has 0 radical (unpaired) electrons. The average molecular weight is 260 g/mol. The van der Waals surface area contributed by atoms with E-state index in [1.54, 1.807) is 0 Å². The Morgan fingerprint density at radius 1 is 1.06 bits per heavy atom. The molecular weight excluding hydrogens is 241 g/mol. The second kappa shape index (κ2) is 6.44. The summed E-state index contributed by atoms with van der Waals surface area (Å²) < 4.78 is 7.94. The molecule has 0 spiro atoms. The maximum atomic E-state index is 6.34. The third kappa shape index (κ3) is 3.93. The first-order valence-corrected chi connectivity index (χ1v) is 7.61. The number of nitrogens with zero attached hydrogens (tertiary/aromatic N) is 1. The second-order valence-electron chi connectivity index (χ2n) is 4.20. The first-order valence-electron chi connectivity index (χ1n) is 5.49. The van der Waals surface area contributed by atoms with Crippen LogP contribution in [-0.4, -0.2) is 16.8 Å². The highest BCUT2D eigenvalue weighted by Crippen LogP contribution is 2.49. The van der Waals surface area contributed by atoms with E-state index in [9.17, 15) is 0 Å². The van der Waals surface area contributed by atoms with Gasteiger partial charge >= 0.3 is 0 Å². The van der Waals surface area contributed by atoms with Crippen LogP contribution < -0.4 is 4.52 Å². The first-order chi connectivity index (χ1) is 7.52. The topological polar surface area (TPSA) is 12.5 Å². The molecule has 0 aliphatic heterocycles. The zero-order valence-electron chi connectivity index (χ0n) is 10.2. The van der Waals surface area contributed by atoms with Gasteiger partial charge in [-0.3, -0.25) is 0 Å². The summed E-state index contributed by atoms with van der Waals surface area (Å²) in [5, 5.41) is 0. The fourth-order valence-corrected chi connectivity index (χ4v) is 3.98. The van der Waals surface area contributed by atoms with Crippen molar-refractivity contribution in [1.29, 1.82) is 0 Å². The summed E-state index contributed by atoms with van der Waals surface area (Å²) in [7, 11) is -1.09. The summed E-state index contributed by atoms with van der Waals surface area (Å²) in [5.74, 6) is 0.829. The number of benzene rings is 1. The van der Waals surface area contributed by atoms with E-state index in [0.717, 1.165) is 5.75 Å². The third-order valence-corrected chi connectivity index (χ3v) is 4.54. The molecule has 16 heavy (non-hydrogen) atoms. The van der Waals surface area contributed by atoms with Crippen molar-refractivity contribution < 1.29 is 4.52 Å².